The summed E-state index contributed by atoms with van der Waals surface area (Å²) in [7, 11) is 0. The van der Waals surface area contributed by atoms with Crippen LogP contribution in [0.3, 0.4) is 0 Å². The van der Waals surface area contributed by atoms with Crippen LogP contribution in [-0.4, -0.2) is 12.5 Å². The maximum atomic E-state index is 11.6. The van der Waals surface area contributed by atoms with E-state index in [0.717, 1.165) is 25.8 Å². The third kappa shape index (κ3) is 17.4. The van der Waals surface area contributed by atoms with Crippen LogP contribution < -0.4 is 5.32 Å². The molecule has 126 valence electrons. The van der Waals surface area contributed by atoms with E-state index in [0.29, 0.717) is 0 Å². The predicted octanol–water partition coefficient (Wildman–Crippen LogP) is 5.99. The highest BCUT2D eigenvalue weighted by Crippen LogP contribution is 2.09. The fraction of sp³-hybridized carbons (Fsp3) is 0.947. The summed E-state index contributed by atoms with van der Waals surface area (Å²) in [6.45, 7) is 5.36. The topological polar surface area (TPSA) is 29.1 Å². The van der Waals surface area contributed by atoms with Crippen LogP contribution in [0.5, 0.6) is 0 Å². The average Bonchev–Trinajstić information content (AvgIpc) is 2.49. The van der Waals surface area contributed by atoms with Gasteiger partial charge in [-0.2, -0.15) is 0 Å². The molecule has 0 spiro atoms. The van der Waals surface area contributed by atoms with Crippen molar-refractivity contribution in [2.45, 2.75) is 110 Å². The Morgan fingerprint density at radius 2 is 1.05 bits per heavy atom. The molecule has 0 bridgehead atoms. The standard InChI is InChI=1S/C19H39NO/c1-3-5-7-9-10-11-12-14-16-18-20-19(21)17-15-13-8-6-4-2/h3-18H2,1-2H3,(H,20,21). The van der Waals surface area contributed by atoms with E-state index in [4.69, 9.17) is 0 Å². The first-order chi connectivity index (χ1) is 10.3. The van der Waals surface area contributed by atoms with Gasteiger partial charge in [-0.1, -0.05) is 90.9 Å². The van der Waals surface area contributed by atoms with Crippen molar-refractivity contribution in [1.82, 2.24) is 5.32 Å². The summed E-state index contributed by atoms with van der Waals surface area (Å²) in [5, 5.41) is 3.05. The van der Waals surface area contributed by atoms with Gasteiger partial charge in [0.1, 0.15) is 0 Å². The molecule has 0 aromatic heterocycles. The quantitative estimate of drug-likeness (QED) is 0.348. The fourth-order valence-electron chi connectivity index (χ4n) is 2.64. The van der Waals surface area contributed by atoms with E-state index >= 15 is 0 Å². The molecule has 1 N–H and O–H groups in total. The number of carbonyl (C=O) groups excluding carboxylic acids is 1. The van der Waals surface area contributed by atoms with Gasteiger partial charge < -0.3 is 5.32 Å². The summed E-state index contributed by atoms with van der Waals surface area (Å²) >= 11 is 0. The maximum absolute atomic E-state index is 11.6. The second-order valence-electron chi connectivity index (χ2n) is 6.34. The lowest BCUT2D eigenvalue weighted by molar-refractivity contribution is -0.121. The third-order valence-corrected chi connectivity index (χ3v) is 4.11. The molecular formula is C19H39NO. The summed E-state index contributed by atoms with van der Waals surface area (Å²) in [4.78, 5) is 11.6. The van der Waals surface area contributed by atoms with Gasteiger partial charge in [-0.25, -0.2) is 0 Å². The van der Waals surface area contributed by atoms with Crippen molar-refractivity contribution in [1.29, 1.82) is 0 Å². The van der Waals surface area contributed by atoms with Crippen LogP contribution in [0.25, 0.3) is 0 Å². The minimum absolute atomic E-state index is 0.256. The molecule has 0 aliphatic heterocycles. The molecule has 0 saturated heterocycles. The van der Waals surface area contributed by atoms with Gasteiger partial charge in [0, 0.05) is 13.0 Å². The van der Waals surface area contributed by atoms with Crippen LogP contribution in [0.1, 0.15) is 110 Å². The second kappa shape index (κ2) is 17.5. The number of nitrogens with one attached hydrogen (secondary N) is 1. The average molecular weight is 298 g/mol. The number of carbonyl (C=O) groups is 1. The molecule has 0 aromatic carbocycles. The first-order valence-electron chi connectivity index (χ1n) is 9.58. The molecular weight excluding hydrogens is 258 g/mol. The Hall–Kier alpha value is -0.530. The number of hydrogen-bond donors (Lipinski definition) is 1. The molecule has 0 saturated carbocycles. The largest absolute Gasteiger partial charge is 0.356 e. The van der Waals surface area contributed by atoms with E-state index in [-0.39, 0.29) is 5.91 Å². The smallest absolute Gasteiger partial charge is 0.219 e. The summed E-state index contributed by atoms with van der Waals surface area (Å²) in [5.41, 5.74) is 0. The fourth-order valence-corrected chi connectivity index (χ4v) is 2.64. The SMILES string of the molecule is CCCCCCCCCCCNC(=O)CCCCCCC. The van der Waals surface area contributed by atoms with Gasteiger partial charge >= 0.3 is 0 Å². The number of rotatable bonds is 16. The first kappa shape index (κ1) is 20.5. The van der Waals surface area contributed by atoms with Crippen molar-refractivity contribution in [3.63, 3.8) is 0 Å². The Bertz CT molecular complexity index is 216. The van der Waals surface area contributed by atoms with Crippen LogP contribution in [0.2, 0.25) is 0 Å². The monoisotopic (exact) mass is 297 g/mol. The zero-order valence-electron chi connectivity index (χ0n) is 14.7. The van der Waals surface area contributed by atoms with Crippen LogP contribution >= 0.6 is 0 Å². The first-order valence-corrected chi connectivity index (χ1v) is 9.58. The third-order valence-electron chi connectivity index (χ3n) is 4.11. The molecule has 0 aromatic rings. The molecule has 1 amide bonds. The van der Waals surface area contributed by atoms with E-state index < -0.39 is 0 Å². The van der Waals surface area contributed by atoms with Crippen molar-refractivity contribution >= 4 is 5.91 Å². The Kier molecular flexibility index (Phi) is 17.1. The minimum atomic E-state index is 0.256. The lowest BCUT2D eigenvalue weighted by atomic mass is 10.1. The number of unbranched alkanes of at least 4 members (excludes halogenated alkanes) is 12. The summed E-state index contributed by atoms with van der Waals surface area (Å²) in [5.74, 6) is 0.256. The number of amides is 1. The molecule has 0 atom stereocenters. The lowest BCUT2D eigenvalue weighted by Gasteiger charge is -2.05. The van der Waals surface area contributed by atoms with Crippen LogP contribution in [0, 0.1) is 0 Å². The van der Waals surface area contributed by atoms with Crippen molar-refractivity contribution in [3.8, 4) is 0 Å². The Morgan fingerprint density at radius 3 is 1.57 bits per heavy atom. The number of hydrogen-bond acceptors (Lipinski definition) is 1. The van der Waals surface area contributed by atoms with E-state index in [9.17, 15) is 4.79 Å². The maximum Gasteiger partial charge on any atom is 0.219 e. The Balaban J connectivity index is 3.11. The molecule has 2 heteroatoms. The highest BCUT2D eigenvalue weighted by molar-refractivity contribution is 5.75. The van der Waals surface area contributed by atoms with Gasteiger partial charge in [-0.3, -0.25) is 4.79 Å². The van der Waals surface area contributed by atoms with E-state index in [1.54, 1.807) is 0 Å². The van der Waals surface area contributed by atoms with Gasteiger partial charge in [0.05, 0.1) is 0 Å². The molecule has 21 heavy (non-hydrogen) atoms. The van der Waals surface area contributed by atoms with Crippen LogP contribution in [-0.2, 0) is 4.79 Å². The Labute approximate surface area is 133 Å². The second-order valence-corrected chi connectivity index (χ2v) is 6.34. The summed E-state index contributed by atoms with van der Waals surface area (Å²) in [6, 6.07) is 0. The molecule has 2 nitrogen and oxygen atoms in total. The van der Waals surface area contributed by atoms with Gasteiger partial charge in [0.15, 0.2) is 0 Å². The molecule has 0 rings (SSSR count). The molecule has 0 aliphatic carbocycles. The van der Waals surface area contributed by atoms with E-state index in [1.807, 2.05) is 0 Å². The van der Waals surface area contributed by atoms with Crippen LogP contribution in [0.15, 0.2) is 0 Å². The zero-order chi connectivity index (χ0) is 15.6. The van der Waals surface area contributed by atoms with Crippen molar-refractivity contribution < 1.29 is 4.79 Å². The molecule has 0 fully saturated rings. The van der Waals surface area contributed by atoms with Gasteiger partial charge in [-0.05, 0) is 12.8 Å². The molecule has 0 aliphatic rings. The van der Waals surface area contributed by atoms with Gasteiger partial charge in [0.2, 0.25) is 5.91 Å². The van der Waals surface area contributed by atoms with Crippen LogP contribution in [0.4, 0.5) is 0 Å². The highest BCUT2D eigenvalue weighted by atomic mass is 16.1. The van der Waals surface area contributed by atoms with Crippen molar-refractivity contribution in [2.24, 2.45) is 0 Å². The van der Waals surface area contributed by atoms with E-state index in [1.165, 1.54) is 77.0 Å². The molecule has 0 radical (unpaired) electrons. The minimum Gasteiger partial charge on any atom is -0.356 e. The van der Waals surface area contributed by atoms with Crippen molar-refractivity contribution in [3.05, 3.63) is 0 Å². The highest BCUT2D eigenvalue weighted by Gasteiger charge is 2.00. The predicted molar refractivity (Wildman–Crippen MR) is 93.6 cm³/mol. The normalized spacial score (nSPS) is 10.8. The van der Waals surface area contributed by atoms with Gasteiger partial charge in [-0.15, -0.1) is 0 Å². The Morgan fingerprint density at radius 1 is 0.619 bits per heavy atom. The van der Waals surface area contributed by atoms with Gasteiger partial charge in [0.25, 0.3) is 0 Å². The summed E-state index contributed by atoms with van der Waals surface area (Å²) < 4.78 is 0. The van der Waals surface area contributed by atoms with E-state index in [2.05, 4.69) is 19.2 Å². The molecule has 0 unspecified atom stereocenters. The van der Waals surface area contributed by atoms with Crippen molar-refractivity contribution in [2.75, 3.05) is 6.54 Å². The molecule has 0 heterocycles. The lowest BCUT2D eigenvalue weighted by Crippen LogP contribution is -2.23. The summed E-state index contributed by atoms with van der Waals surface area (Å²) in [6.07, 6.45) is 18.9. The zero-order valence-corrected chi connectivity index (χ0v) is 14.7.